The molecule has 0 aliphatic heterocycles. The first-order valence-corrected chi connectivity index (χ1v) is 5.51. The Morgan fingerprint density at radius 2 is 2.08 bits per heavy atom. The van der Waals surface area contributed by atoms with Crippen molar-refractivity contribution in [3.8, 4) is 0 Å². The molecule has 0 saturated heterocycles. The molecule has 0 amide bonds. The first-order valence-electron chi connectivity index (χ1n) is 3.62. The Bertz CT molecular complexity index is 294. The van der Waals surface area contributed by atoms with E-state index in [1.54, 1.807) is 13.8 Å². The molecule has 0 aromatic rings. The number of nitrogens with two attached hydrogens (primary N) is 1. The molecule has 0 aromatic carbocycles. The lowest BCUT2D eigenvalue weighted by atomic mass is 9.93. The van der Waals surface area contributed by atoms with Crippen LogP contribution in [0.1, 0.15) is 13.8 Å². The number of hydrogen-bond acceptors (Lipinski definition) is 4. The topological polar surface area (TPSA) is 105 Å². The Hall–Kier alpha value is -0.820. The van der Waals surface area contributed by atoms with Crippen LogP contribution in [0.15, 0.2) is 5.16 Å². The second kappa shape index (κ2) is 3.93. The van der Waals surface area contributed by atoms with E-state index in [0.717, 1.165) is 6.26 Å². The monoisotopic (exact) mass is 209 g/mol. The molecule has 6 nitrogen and oxygen atoms in total. The standard InChI is InChI=1S/C6H15N3O3S/c1-6(2,5(7)9-10)4-8-13(3,11)12/h8,10H,4H2,1-3H3,(H2,7,9). The third kappa shape index (κ3) is 4.69. The molecule has 0 spiro atoms. The number of oxime groups is 1. The van der Waals surface area contributed by atoms with Crippen LogP contribution in [0.4, 0.5) is 0 Å². The van der Waals surface area contributed by atoms with Gasteiger partial charge in [-0.1, -0.05) is 19.0 Å². The van der Waals surface area contributed by atoms with Crippen molar-refractivity contribution in [2.24, 2.45) is 16.3 Å². The molecule has 7 heteroatoms. The smallest absolute Gasteiger partial charge is 0.208 e. The molecular formula is C6H15N3O3S. The Morgan fingerprint density at radius 1 is 1.62 bits per heavy atom. The highest BCUT2D eigenvalue weighted by Crippen LogP contribution is 2.13. The Kier molecular flexibility index (Phi) is 3.68. The van der Waals surface area contributed by atoms with Crippen LogP contribution >= 0.6 is 0 Å². The largest absolute Gasteiger partial charge is 0.409 e. The van der Waals surface area contributed by atoms with Gasteiger partial charge >= 0.3 is 0 Å². The van der Waals surface area contributed by atoms with E-state index in [-0.39, 0.29) is 12.4 Å². The van der Waals surface area contributed by atoms with Crippen LogP contribution < -0.4 is 10.5 Å². The Balaban J connectivity index is 4.37. The maximum Gasteiger partial charge on any atom is 0.208 e. The van der Waals surface area contributed by atoms with Gasteiger partial charge in [-0.05, 0) is 0 Å². The van der Waals surface area contributed by atoms with Gasteiger partial charge in [0, 0.05) is 12.0 Å². The SMILES string of the molecule is CC(C)(CNS(C)(=O)=O)C(N)=NO. The van der Waals surface area contributed by atoms with Gasteiger partial charge in [0.1, 0.15) is 5.84 Å². The summed E-state index contributed by atoms with van der Waals surface area (Å²) in [4.78, 5) is 0. The van der Waals surface area contributed by atoms with Gasteiger partial charge in [-0.25, -0.2) is 13.1 Å². The van der Waals surface area contributed by atoms with E-state index in [1.807, 2.05) is 0 Å². The fourth-order valence-corrected chi connectivity index (χ4v) is 1.16. The zero-order chi connectivity index (χ0) is 10.7. The van der Waals surface area contributed by atoms with Gasteiger partial charge < -0.3 is 10.9 Å². The van der Waals surface area contributed by atoms with Crippen LogP contribution in [-0.2, 0) is 10.0 Å². The average molecular weight is 209 g/mol. The van der Waals surface area contributed by atoms with Gasteiger partial charge in [0.2, 0.25) is 10.0 Å². The lowest BCUT2D eigenvalue weighted by molar-refractivity contribution is 0.307. The molecule has 0 aromatic heterocycles. The first-order chi connectivity index (χ1) is 5.69. The van der Waals surface area contributed by atoms with Crippen LogP contribution in [0.5, 0.6) is 0 Å². The van der Waals surface area contributed by atoms with Crippen molar-refractivity contribution in [3.05, 3.63) is 0 Å². The summed E-state index contributed by atoms with van der Waals surface area (Å²) in [5, 5.41) is 11.2. The van der Waals surface area contributed by atoms with Gasteiger partial charge in [-0.2, -0.15) is 0 Å². The van der Waals surface area contributed by atoms with Crippen LogP contribution in [0.25, 0.3) is 0 Å². The molecule has 0 unspecified atom stereocenters. The summed E-state index contributed by atoms with van der Waals surface area (Å²) in [5.74, 6) is -0.0105. The third-order valence-electron chi connectivity index (χ3n) is 1.58. The zero-order valence-corrected chi connectivity index (χ0v) is 8.72. The molecule has 0 rings (SSSR count). The van der Waals surface area contributed by atoms with E-state index < -0.39 is 15.4 Å². The van der Waals surface area contributed by atoms with E-state index in [0.29, 0.717) is 0 Å². The van der Waals surface area contributed by atoms with E-state index >= 15 is 0 Å². The lowest BCUT2D eigenvalue weighted by Gasteiger charge is -2.22. The molecule has 0 aliphatic carbocycles. The fourth-order valence-electron chi connectivity index (χ4n) is 0.537. The lowest BCUT2D eigenvalue weighted by Crippen LogP contribution is -2.42. The van der Waals surface area contributed by atoms with Crippen LogP contribution in [0, 0.1) is 5.41 Å². The van der Waals surface area contributed by atoms with Gasteiger partial charge in [0.25, 0.3) is 0 Å². The van der Waals surface area contributed by atoms with Crippen LogP contribution in [0.2, 0.25) is 0 Å². The summed E-state index contributed by atoms with van der Waals surface area (Å²) in [6, 6.07) is 0. The maximum atomic E-state index is 10.7. The molecule has 4 N–H and O–H groups in total. The second-order valence-corrected chi connectivity index (χ2v) is 5.30. The quantitative estimate of drug-likeness (QED) is 0.246. The third-order valence-corrected chi connectivity index (χ3v) is 2.25. The number of hydrogen-bond donors (Lipinski definition) is 3. The summed E-state index contributed by atoms with van der Waals surface area (Å²) in [6.45, 7) is 3.43. The molecule has 0 fully saturated rings. The highest BCUT2D eigenvalue weighted by atomic mass is 32.2. The minimum Gasteiger partial charge on any atom is -0.409 e. The molecule has 0 heterocycles. The number of nitrogens with one attached hydrogen (secondary N) is 1. The van der Waals surface area contributed by atoms with E-state index in [2.05, 4.69) is 9.88 Å². The molecule has 0 atom stereocenters. The predicted octanol–water partition coefficient (Wildman–Crippen LogP) is -0.692. The van der Waals surface area contributed by atoms with Crippen molar-refractivity contribution >= 4 is 15.9 Å². The molecule has 0 aliphatic rings. The summed E-state index contributed by atoms with van der Waals surface area (Å²) in [7, 11) is -3.24. The second-order valence-electron chi connectivity index (χ2n) is 3.46. The molecular weight excluding hydrogens is 194 g/mol. The number of rotatable bonds is 4. The number of sulfonamides is 1. The molecule has 0 bridgehead atoms. The molecule has 0 radical (unpaired) electrons. The van der Waals surface area contributed by atoms with Crippen LogP contribution in [0.3, 0.4) is 0 Å². The van der Waals surface area contributed by atoms with Crippen molar-refractivity contribution in [1.82, 2.24) is 4.72 Å². The van der Waals surface area contributed by atoms with Crippen molar-refractivity contribution in [2.45, 2.75) is 13.8 Å². The minimum atomic E-state index is -3.24. The van der Waals surface area contributed by atoms with Gasteiger partial charge in [0.05, 0.1) is 6.26 Å². The van der Waals surface area contributed by atoms with E-state index in [9.17, 15) is 8.42 Å². The number of nitrogens with zero attached hydrogens (tertiary/aromatic N) is 1. The highest BCUT2D eigenvalue weighted by molar-refractivity contribution is 7.88. The summed E-state index contributed by atoms with van der Waals surface area (Å²) >= 11 is 0. The Labute approximate surface area is 77.9 Å². The van der Waals surface area contributed by atoms with Gasteiger partial charge in [0.15, 0.2) is 0 Å². The minimum absolute atomic E-state index is 0.0105. The van der Waals surface area contributed by atoms with Crippen molar-refractivity contribution in [2.75, 3.05) is 12.8 Å². The van der Waals surface area contributed by atoms with Gasteiger partial charge in [-0.3, -0.25) is 0 Å². The van der Waals surface area contributed by atoms with Crippen molar-refractivity contribution in [1.29, 1.82) is 0 Å². The molecule has 0 saturated carbocycles. The van der Waals surface area contributed by atoms with E-state index in [4.69, 9.17) is 10.9 Å². The van der Waals surface area contributed by atoms with Crippen LogP contribution in [-0.4, -0.2) is 32.3 Å². The first kappa shape index (κ1) is 12.2. The number of amidine groups is 1. The molecule has 13 heavy (non-hydrogen) atoms. The zero-order valence-electron chi connectivity index (χ0n) is 7.90. The predicted molar refractivity (Wildman–Crippen MR) is 50.0 cm³/mol. The summed E-state index contributed by atoms with van der Waals surface area (Å²) in [5.41, 5.74) is 4.65. The fraction of sp³-hybridized carbons (Fsp3) is 0.833. The van der Waals surface area contributed by atoms with Crippen molar-refractivity contribution < 1.29 is 13.6 Å². The Morgan fingerprint density at radius 3 is 2.38 bits per heavy atom. The summed E-state index contributed by atoms with van der Waals surface area (Å²) in [6.07, 6.45) is 1.05. The molecule has 78 valence electrons. The van der Waals surface area contributed by atoms with E-state index in [1.165, 1.54) is 0 Å². The van der Waals surface area contributed by atoms with Crippen molar-refractivity contribution in [3.63, 3.8) is 0 Å². The normalized spacial score (nSPS) is 14.5. The highest BCUT2D eigenvalue weighted by Gasteiger charge is 2.24. The maximum absolute atomic E-state index is 10.7. The average Bonchev–Trinajstić information content (AvgIpc) is 1.98. The summed E-state index contributed by atoms with van der Waals surface area (Å²) < 4.78 is 23.7. The van der Waals surface area contributed by atoms with Gasteiger partial charge in [-0.15, -0.1) is 0 Å².